The molecule has 5 nitrogen and oxygen atoms in total. The molecule has 0 atom stereocenters. The fourth-order valence-corrected chi connectivity index (χ4v) is 5.45. The third-order valence-corrected chi connectivity index (χ3v) is 7.17. The molecule has 0 radical (unpaired) electrons. The number of nitrogens with one attached hydrogen (secondary N) is 1. The van der Waals surface area contributed by atoms with Gasteiger partial charge in [-0.1, -0.05) is 68.5 Å². The number of aromatic nitrogens is 3. The molecule has 2 aliphatic carbocycles. The van der Waals surface area contributed by atoms with Gasteiger partial charge in [-0.25, -0.2) is 9.37 Å². The standard InChI is InChI=1S/C24H31FN4OS/c25-19-14-11-18(12-15-19)13-16-22-26-24(28-27-22)31-17-23(30)29(20-7-3-1-4-8-20)21-9-5-2-6-10-21/h11-16,20-21H,1-10,17H2,(H,26,27,28)/b16-13+. The first-order valence-corrected chi connectivity index (χ1v) is 12.5. The SMILES string of the molecule is O=C(CSc1n[nH]c(/C=C/c2ccc(F)cc2)n1)N(C1CCCCC1)C1CCCCC1. The molecule has 1 aromatic heterocycles. The molecule has 0 saturated heterocycles. The second kappa shape index (κ2) is 10.9. The molecule has 0 bridgehead atoms. The zero-order valence-corrected chi connectivity index (χ0v) is 18.7. The third kappa shape index (κ3) is 6.19. The fourth-order valence-electron chi connectivity index (χ4n) is 4.77. The lowest BCUT2D eigenvalue weighted by molar-refractivity contribution is -0.135. The van der Waals surface area contributed by atoms with E-state index in [0.717, 1.165) is 31.2 Å². The van der Waals surface area contributed by atoms with Gasteiger partial charge in [-0.3, -0.25) is 9.89 Å². The van der Waals surface area contributed by atoms with Crippen molar-refractivity contribution in [1.82, 2.24) is 20.1 Å². The number of amides is 1. The first-order chi connectivity index (χ1) is 15.2. The Bertz CT molecular complexity index is 852. The summed E-state index contributed by atoms with van der Waals surface area (Å²) in [4.78, 5) is 20.0. The van der Waals surface area contributed by atoms with Gasteiger partial charge in [0.05, 0.1) is 5.75 Å². The number of rotatable bonds is 7. The van der Waals surface area contributed by atoms with E-state index in [4.69, 9.17) is 0 Å². The van der Waals surface area contributed by atoms with E-state index in [1.54, 1.807) is 12.1 Å². The van der Waals surface area contributed by atoms with Gasteiger partial charge in [0.15, 0.2) is 0 Å². The van der Waals surface area contributed by atoms with Crippen LogP contribution in [0.1, 0.15) is 75.6 Å². The second-order valence-corrected chi connectivity index (χ2v) is 9.50. The van der Waals surface area contributed by atoms with E-state index in [-0.39, 0.29) is 11.7 Å². The predicted octanol–water partition coefficient (Wildman–Crippen LogP) is 5.70. The van der Waals surface area contributed by atoms with Crippen molar-refractivity contribution < 1.29 is 9.18 Å². The van der Waals surface area contributed by atoms with Gasteiger partial charge in [0.1, 0.15) is 11.6 Å². The Morgan fingerprint density at radius 2 is 1.61 bits per heavy atom. The van der Waals surface area contributed by atoms with Gasteiger partial charge in [0.25, 0.3) is 0 Å². The van der Waals surface area contributed by atoms with E-state index in [1.165, 1.54) is 62.4 Å². The molecule has 1 heterocycles. The smallest absolute Gasteiger partial charge is 0.233 e. The Balaban J connectivity index is 1.35. The Labute approximate surface area is 187 Å². The summed E-state index contributed by atoms with van der Waals surface area (Å²) in [5, 5.41) is 7.73. The highest BCUT2D eigenvalue weighted by molar-refractivity contribution is 7.99. The van der Waals surface area contributed by atoms with Crippen LogP contribution in [0.2, 0.25) is 0 Å². The van der Waals surface area contributed by atoms with E-state index in [1.807, 2.05) is 12.2 Å². The quantitative estimate of drug-likeness (QED) is 0.559. The first kappa shape index (κ1) is 22.1. The lowest BCUT2D eigenvalue weighted by atomic mass is 9.88. The molecule has 0 unspecified atom stereocenters. The van der Waals surface area contributed by atoms with Gasteiger partial charge in [-0.05, 0) is 49.5 Å². The molecular weight excluding hydrogens is 411 g/mol. The largest absolute Gasteiger partial charge is 0.336 e. The summed E-state index contributed by atoms with van der Waals surface area (Å²) in [6.07, 6.45) is 15.8. The van der Waals surface area contributed by atoms with Gasteiger partial charge in [0, 0.05) is 12.1 Å². The van der Waals surface area contributed by atoms with Crippen molar-refractivity contribution in [2.75, 3.05) is 5.75 Å². The van der Waals surface area contributed by atoms with Gasteiger partial charge in [-0.15, -0.1) is 5.10 Å². The van der Waals surface area contributed by atoms with Crippen LogP contribution in [0.25, 0.3) is 12.2 Å². The van der Waals surface area contributed by atoms with Crippen LogP contribution in [0.5, 0.6) is 0 Å². The van der Waals surface area contributed by atoms with E-state index in [9.17, 15) is 9.18 Å². The number of hydrogen-bond donors (Lipinski definition) is 1. The van der Waals surface area contributed by atoms with Crippen molar-refractivity contribution in [2.45, 2.75) is 81.4 Å². The van der Waals surface area contributed by atoms with Crippen LogP contribution >= 0.6 is 11.8 Å². The van der Waals surface area contributed by atoms with E-state index < -0.39 is 0 Å². The molecule has 31 heavy (non-hydrogen) atoms. The average Bonchev–Trinajstić information content (AvgIpc) is 3.27. The van der Waals surface area contributed by atoms with Gasteiger partial charge in [0.2, 0.25) is 11.1 Å². The lowest BCUT2D eigenvalue weighted by Gasteiger charge is -2.41. The summed E-state index contributed by atoms with van der Waals surface area (Å²) < 4.78 is 13.0. The number of halogens is 1. The topological polar surface area (TPSA) is 61.9 Å². The van der Waals surface area contributed by atoms with Crippen LogP contribution in [-0.2, 0) is 4.79 Å². The number of hydrogen-bond acceptors (Lipinski definition) is 4. The number of carbonyl (C=O) groups excluding carboxylic acids is 1. The molecule has 4 rings (SSSR count). The maximum absolute atomic E-state index is 13.3. The van der Waals surface area contributed by atoms with Crippen molar-refractivity contribution in [3.05, 3.63) is 41.5 Å². The molecule has 166 valence electrons. The maximum Gasteiger partial charge on any atom is 0.233 e. The minimum absolute atomic E-state index is 0.233. The predicted molar refractivity (Wildman–Crippen MR) is 123 cm³/mol. The van der Waals surface area contributed by atoms with Crippen molar-refractivity contribution in [2.24, 2.45) is 0 Å². The summed E-state index contributed by atoms with van der Waals surface area (Å²) in [6.45, 7) is 0. The number of thioether (sulfide) groups is 1. The number of carbonyl (C=O) groups is 1. The monoisotopic (exact) mass is 442 g/mol. The highest BCUT2D eigenvalue weighted by Gasteiger charge is 2.32. The molecule has 2 fully saturated rings. The van der Waals surface area contributed by atoms with E-state index >= 15 is 0 Å². The van der Waals surface area contributed by atoms with Crippen LogP contribution in [-0.4, -0.2) is 43.8 Å². The molecular formula is C24H31FN4OS. The highest BCUT2D eigenvalue weighted by atomic mass is 32.2. The molecule has 2 aromatic rings. The van der Waals surface area contributed by atoms with Crippen molar-refractivity contribution in [3.8, 4) is 0 Å². The molecule has 2 aliphatic rings. The van der Waals surface area contributed by atoms with Gasteiger partial charge >= 0.3 is 0 Å². The molecule has 7 heteroatoms. The number of H-pyrrole nitrogens is 1. The second-order valence-electron chi connectivity index (χ2n) is 8.56. The Morgan fingerprint density at radius 1 is 1.00 bits per heavy atom. The molecule has 2 saturated carbocycles. The first-order valence-electron chi connectivity index (χ1n) is 11.5. The minimum atomic E-state index is -0.254. The van der Waals surface area contributed by atoms with Crippen LogP contribution in [0, 0.1) is 5.82 Å². The van der Waals surface area contributed by atoms with Crippen molar-refractivity contribution >= 4 is 29.8 Å². The van der Waals surface area contributed by atoms with Gasteiger partial charge < -0.3 is 4.90 Å². The average molecular weight is 443 g/mol. The molecule has 0 aliphatic heterocycles. The van der Waals surface area contributed by atoms with E-state index in [2.05, 4.69) is 20.1 Å². The van der Waals surface area contributed by atoms with Crippen molar-refractivity contribution in [3.63, 3.8) is 0 Å². The number of benzene rings is 1. The summed E-state index contributed by atoms with van der Waals surface area (Å²) in [5.41, 5.74) is 0.887. The maximum atomic E-state index is 13.3. The normalized spacial score (nSPS) is 18.5. The molecule has 1 N–H and O–H groups in total. The number of aromatic amines is 1. The van der Waals surface area contributed by atoms with Crippen LogP contribution in [0.4, 0.5) is 4.39 Å². The minimum Gasteiger partial charge on any atom is -0.336 e. The summed E-state index contributed by atoms with van der Waals surface area (Å²) in [5.74, 6) is 0.981. The summed E-state index contributed by atoms with van der Waals surface area (Å²) in [7, 11) is 0. The van der Waals surface area contributed by atoms with Crippen molar-refractivity contribution in [1.29, 1.82) is 0 Å². The molecule has 0 spiro atoms. The van der Waals surface area contributed by atoms with E-state index in [0.29, 0.717) is 28.8 Å². The van der Waals surface area contributed by atoms with Crippen LogP contribution in [0.3, 0.4) is 0 Å². The number of nitrogens with zero attached hydrogens (tertiary/aromatic N) is 3. The summed E-state index contributed by atoms with van der Waals surface area (Å²) in [6, 6.07) is 7.09. The fraction of sp³-hybridized carbons (Fsp3) is 0.542. The Morgan fingerprint density at radius 3 is 2.23 bits per heavy atom. The lowest BCUT2D eigenvalue weighted by Crippen LogP contribution is -2.49. The Hall–Kier alpha value is -2.15. The third-order valence-electron chi connectivity index (χ3n) is 6.33. The Kier molecular flexibility index (Phi) is 7.78. The van der Waals surface area contributed by atoms with Gasteiger partial charge in [-0.2, -0.15) is 0 Å². The van der Waals surface area contributed by atoms with Crippen LogP contribution in [0.15, 0.2) is 29.4 Å². The molecule has 1 amide bonds. The van der Waals surface area contributed by atoms with Crippen LogP contribution < -0.4 is 0 Å². The zero-order valence-electron chi connectivity index (χ0n) is 17.9. The summed E-state index contributed by atoms with van der Waals surface area (Å²) >= 11 is 1.40. The highest BCUT2D eigenvalue weighted by Crippen LogP contribution is 2.31. The zero-order chi connectivity index (χ0) is 21.5. The molecule has 1 aromatic carbocycles.